The van der Waals surface area contributed by atoms with Gasteiger partial charge in [-0.25, -0.2) is 4.90 Å². The van der Waals surface area contributed by atoms with Crippen LogP contribution in [0.2, 0.25) is 5.02 Å². The zero-order valence-corrected chi connectivity index (χ0v) is 23.7. The summed E-state index contributed by atoms with van der Waals surface area (Å²) < 4.78 is 6.16. The molecule has 3 fully saturated rings. The Morgan fingerprint density at radius 2 is 1.74 bits per heavy atom. The number of anilines is 1. The quantitative estimate of drug-likeness (QED) is 0.347. The number of hydrogen-bond acceptors (Lipinski definition) is 6. The summed E-state index contributed by atoms with van der Waals surface area (Å²) in [6.07, 6.45) is 2.57. The molecule has 3 heterocycles. The number of amides is 4. The Hall–Kier alpha value is -4.01. The van der Waals surface area contributed by atoms with Gasteiger partial charge in [0.05, 0.1) is 29.4 Å². The molecule has 2 saturated heterocycles. The number of furan rings is 1. The van der Waals surface area contributed by atoms with E-state index >= 15 is 0 Å². The van der Waals surface area contributed by atoms with Crippen LogP contribution in [0.15, 0.2) is 82.8 Å². The number of likely N-dealkylation sites (tertiary alicyclic amines) is 1. The Bertz CT molecular complexity index is 1660. The summed E-state index contributed by atoms with van der Waals surface area (Å²) in [5, 5.41) is 10.3. The first-order valence-electron chi connectivity index (χ1n) is 14.3. The lowest BCUT2D eigenvalue weighted by Crippen LogP contribution is -2.53. The molecule has 9 heteroatoms. The van der Waals surface area contributed by atoms with E-state index in [4.69, 9.17) is 16.0 Å². The van der Waals surface area contributed by atoms with E-state index in [0.29, 0.717) is 34.2 Å². The molecule has 2 aliphatic heterocycles. The maximum Gasteiger partial charge on any atom is 0.246 e. The Labute approximate surface area is 247 Å². The molecule has 8 nitrogen and oxygen atoms in total. The highest BCUT2D eigenvalue weighted by Gasteiger charge is 2.70. The van der Waals surface area contributed by atoms with Crippen molar-refractivity contribution in [1.29, 1.82) is 0 Å². The zero-order valence-electron chi connectivity index (χ0n) is 22.9. The van der Waals surface area contributed by atoms with Gasteiger partial charge in [0.25, 0.3) is 0 Å². The number of imide groups is 2. The second-order valence-corrected chi connectivity index (χ2v) is 11.9. The van der Waals surface area contributed by atoms with Gasteiger partial charge in [-0.3, -0.25) is 24.1 Å². The molecule has 2 aromatic carbocycles. The highest BCUT2D eigenvalue weighted by molar-refractivity contribution is 6.32. The van der Waals surface area contributed by atoms with E-state index in [9.17, 15) is 24.3 Å². The molecule has 6 unspecified atom stereocenters. The minimum Gasteiger partial charge on any atom is -0.463 e. The molecule has 42 heavy (non-hydrogen) atoms. The Balaban J connectivity index is 1.49. The van der Waals surface area contributed by atoms with Crippen LogP contribution < -0.4 is 4.90 Å². The first-order chi connectivity index (χ1) is 20.3. The number of allylic oxidation sites excluding steroid dienone is 2. The van der Waals surface area contributed by atoms with Crippen molar-refractivity contribution < 1.29 is 28.7 Å². The number of aliphatic hydroxyl groups excluding tert-OH is 1. The number of halogens is 1. The predicted molar refractivity (Wildman–Crippen MR) is 153 cm³/mol. The largest absolute Gasteiger partial charge is 0.463 e. The Morgan fingerprint density at radius 3 is 2.43 bits per heavy atom. The minimum absolute atomic E-state index is 0.186. The second kappa shape index (κ2) is 9.78. The van der Waals surface area contributed by atoms with Crippen molar-refractivity contribution in [2.24, 2.45) is 23.7 Å². The summed E-state index contributed by atoms with van der Waals surface area (Å²) >= 11 is 6.31. The van der Waals surface area contributed by atoms with Gasteiger partial charge in [-0.2, -0.15) is 0 Å². The van der Waals surface area contributed by atoms with Crippen LogP contribution in [-0.2, 0) is 31.2 Å². The maximum atomic E-state index is 15.0. The lowest BCUT2D eigenvalue weighted by atomic mass is 9.50. The average Bonchev–Trinajstić information content (AvgIpc) is 3.64. The lowest BCUT2D eigenvalue weighted by Gasteiger charge is -2.49. The number of aliphatic hydroxyl groups is 1. The predicted octanol–water partition coefficient (Wildman–Crippen LogP) is 4.61. The van der Waals surface area contributed by atoms with Crippen molar-refractivity contribution in [3.8, 4) is 0 Å². The number of fused-ring (bicyclic) bond motifs is 4. The third kappa shape index (κ3) is 3.51. The van der Waals surface area contributed by atoms with Gasteiger partial charge in [-0.05, 0) is 61.6 Å². The normalized spacial score (nSPS) is 30.4. The molecule has 6 atom stereocenters. The summed E-state index contributed by atoms with van der Waals surface area (Å²) in [5.41, 5.74) is 0.463. The number of carbonyl (C=O) groups is 4. The van der Waals surface area contributed by atoms with Gasteiger partial charge < -0.3 is 9.52 Å². The van der Waals surface area contributed by atoms with Crippen LogP contribution in [-0.4, -0.2) is 40.2 Å². The molecular weight excluding hydrogens is 556 g/mol. The van der Waals surface area contributed by atoms with Crippen LogP contribution in [0.25, 0.3) is 0 Å². The molecule has 1 N–H and O–H groups in total. The van der Waals surface area contributed by atoms with Crippen molar-refractivity contribution in [1.82, 2.24) is 4.90 Å². The molecule has 0 bridgehead atoms. The highest BCUT2D eigenvalue weighted by atomic mass is 35.5. The van der Waals surface area contributed by atoms with Crippen LogP contribution >= 0.6 is 11.6 Å². The Morgan fingerprint density at radius 1 is 0.952 bits per heavy atom. The van der Waals surface area contributed by atoms with Gasteiger partial charge in [-0.15, -0.1) is 0 Å². The van der Waals surface area contributed by atoms with Crippen LogP contribution in [0.1, 0.15) is 42.8 Å². The van der Waals surface area contributed by atoms with Gasteiger partial charge in [0.1, 0.15) is 23.5 Å². The molecule has 4 amide bonds. The molecular formula is C33H29ClN2O6. The van der Waals surface area contributed by atoms with E-state index in [-0.39, 0.29) is 37.3 Å². The van der Waals surface area contributed by atoms with E-state index in [2.05, 4.69) is 0 Å². The molecule has 0 spiro atoms. The van der Waals surface area contributed by atoms with Crippen molar-refractivity contribution in [3.63, 3.8) is 0 Å². The van der Waals surface area contributed by atoms with Crippen molar-refractivity contribution in [2.75, 3.05) is 11.4 Å². The topological polar surface area (TPSA) is 108 Å². The monoisotopic (exact) mass is 584 g/mol. The SMILES string of the molecule is CCN1C(=O)C2CC=C3C(CC4C(=O)N(c5cccc(Cl)c5)C(=O)C4(c4ccccc4)C3c3ccc(CO)o3)C2C1=O. The number of rotatable bonds is 5. The summed E-state index contributed by atoms with van der Waals surface area (Å²) in [6, 6.07) is 19.3. The maximum absolute atomic E-state index is 15.0. The van der Waals surface area contributed by atoms with E-state index < -0.39 is 40.9 Å². The van der Waals surface area contributed by atoms with Crippen molar-refractivity contribution in [3.05, 3.63) is 100 Å². The van der Waals surface area contributed by atoms with E-state index in [1.54, 1.807) is 43.3 Å². The highest BCUT2D eigenvalue weighted by Crippen LogP contribution is 2.64. The number of benzene rings is 2. The molecule has 0 radical (unpaired) electrons. The number of nitrogens with zero attached hydrogens (tertiary/aromatic N) is 2. The van der Waals surface area contributed by atoms with Gasteiger partial charge >= 0.3 is 0 Å². The molecule has 4 aliphatic rings. The van der Waals surface area contributed by atoms with E-state index in [0.717, 1.165) is 5.57 Å². The minimum atomic E-state index is -1.39. The van der Waals surface area contributed by atoms with Crippen molar-refractivity contribution >= 4 is 40.9 Å². The van der Waals surface area contributed by atoms with Crippen LogP contribution in [0.3, 0.4) is 0 Å². The van der Waals surface area contributed by atoms with Gasteiger partial charge in [-0.1, -0.05) is 59.6 Å². The van der Waals surface area contributed by atoms with Crippen molar-refractivity contribution in [2.45, 2.75) is 37.7 Å². The molecule has 1 aromatic heterocycles. The zero-order chi connectivity index (χ0) is 29.3. The molecule has 2 aliphatic carbocycles. The molecule has 7 rings (SSSR count). The van der Waals surface area contributed by atoms with Gasteiger partial charge in [0.15, 0.2) is 0 Å². The first-order valence-corrected chi connectivity index (χ1v) is 14.6. The molecule has 3 aromatic rings. The van der Waals surface area contributed by atoms with E-state index in [1.165, 1.54) is 9.80 Å². The molecule has 214 valence electrons. The summed E-state index contributed by atoms with van der Waals surface area (Å²) in [5.74, 6) is -3.60. The third-order valence-corrected chi connectivity index (χ3v) is 9.93. The van der Waals surface area contributed by atoms with Crippen LogP contribution in [0.4, 0.5) is 5.69 Å². The summed E-state index contributed by atoms with van der Waals surface area (Å²) in [6.45, 7) is 1.74. The van der Waals surface area contributed by atoms with E-state index in [1.807, 2.05) is 36.4 Å². The fourth-order valence-corrected chi connectivity index (χ4v) is 8.25. The Kier molecular flexibility index (Phi) is 6.26. The third-order valence-electron chi connectivity index (χ3n) is 9.70. The van der Waals surface area contributed by atoms with Gasteiger partial charge in [0, 0.05) is 11.6 Å². The van der Waals surface area contributed by atoms with Crippen LogP contribution in [0.5, 0.6) is 0 Å². The van der Waals surface area contributed by atoms with Gasteiger partial charge in [0.2, 0.25) is 23.6 Å². The number of hydrogen-bond donors (Lipinski definition) is 1. The fraction of sp³-hybridized carbons (Fsp3) is 0.333. The molecule has 1 saturated carbocycles. The average molecular weight is 585 g/mol. The lowest BCUT2D eigenvalue weighted by molar-refractivity contribution is -0.140. The number of carbonyl (C=O) groups excluding carboxylic acids is 4. The van der Waals surface area contributed by atoms with Crippen LogP contribution in [0, 0.1) is 23.7 Å². The fourth-order valence-electron chi connectivity index (χ4n) is 8.06. The second-order valence-electron chi connectivity index (χ2n) is 11.5. The summed E-state index contributed by atoms with van der Waals surface area (Å²) in [4.78, 5) is 59.0. The first kappa shape index (κ1) is 26.9. The summed E-state index contributed by atoms with van der Waals surface area (Å²) in [7, 11) is 0. The standard InChI is InChI=1S/C33H29ClN2O6/c1-2-35-29(38)23-13-12-22-24(27(23)31(35)40)16-25-30(39)36(20-10-6-9-19(34)15-20)32(41)33(25,18-7-4-3-5-8-18)28(22)26-14-11-21(17-37)42-26/h3-12,14-15,23-25,27-28,37H,2,13,16-17H2,1H3. The smallest absolute Gasteiger partial charge is 0.246 e.